The molecule has 20 heavy (non-hydrogen) atoms. The van der Waals surface area contributed by atoms with E-state index in [0.29, 0.717) is 12.5 Å². The maximum absolute atomic E-state index is 5.96. The lowest BCUT2D eigenvalue weighted by molar-refractivity contribution is 0.569. The number of aromatic amines is 1. The number of nitrogens with one attached hydrogen (secondary N) is 1. The standard InChI is InChI=1S/C15H24N4S/c1-9(2)11-6-12(19-18-11)10(7-16)14-17-13(8-20-14)15(3,4)5/h6,8-10H,7,16H2,1-5H3,(H,18,19). The maximum Gasteiger partial charge on any atom is 0.103 e. The van der Waals surface area contributed by atoms with Crippen LogP contribution in [-0.4, -0.2) is 21.7 Å². The molecule has 0 amide bonds. The molecule has 0 saturated heterocycles. The molecule has 2 rings (SSSR count). The molecular weight excluding hydrogens is 268 g/mol. The van der Waals surface area contributed by atoms with Crippen LogP contribution < -0.4 is 5.73 Å². The Morgan fingerprint density at radius 1 is 1.35 bits per heavy atom. The second kappa shape index (κ2) is 5.66. The molecule has 110 valence electrons. The molecular formula is C15H24N4S. The van der Waals surface area contributed by atoms with Crippen molar-refractivity contribution in [3.63, 3.8) is 0 Å². The lowest BCUT2D eigenvalue weighted by atomic mass is 9.93. The molecule has 0 bridgehead atoms. The van der Waals surface area contributed by atoms with Gasteiger partial charge in [0.25, 0.3) is 0 Å². The van der Waals surface area contributed by atoms with Crippen molar-refractivity contribution < 1.29 is 0 Å². The Balaban J connectivity index is 2.29. The van der Waals surface area contributed by atoms with Gasteiger partial charge in [0.2, 0.25) is 0 Å². The van der Waals surface area contributed by atoms with Crippen LogP contribution in [0.5, 0.6) is 0 Å². The van der Waals surface area contributed by atoms with E-state index in [-0.39, 0.29) is 11.3 Å². The first-order valence-electron chi connectivity index (χ1n) is 7.04. The summed E-state index contributed by atoms with van der Waals surface area (Å²) in [5, 5.41) is 10.7. The molecule has 1 unspecified atom stereocenters. The van der Waals surface area contributed by atoms with Crippen molar-refractivity contribution in [3.8, 4) is 0 Å². The lowest BCUT2D eigenvalue weighted by Gasteiger charge is -2.15. The smallest absolute Gasteiger partial charge is 0.103 e. The minimum atomic E-state index is 0.0744. The molecule has 0 aliphatic carbocycles. The molecule has 0 spiro atoms. The molecule has 0 aliphatic rings. The van der Waals surface area contributed by atoms with Crippen LogP contribution in [0.1, 0.15) is 68.5 Å². The predicted molar refractivity (Wildman–Crippen MR) is 84.4 cm³/mol. The molecule has 0 radical (unpaired) electrons. The minimum absolute atomic E-state index is 0.0744. The number of nitrogens with two attached hydrogens (primary N) is 1. The van der Waals surface area contributed by atoms with Crippen molar-refractivity contribution in [2.45, 2.75) is 51.9 Å². The van der Waals surface area contributed by atoms with E-state index in [1.165, 1.54) is 0 Å². The van der Waals surface area contributed by atoms with Crippen molar-refractivity contribution in [3.05, 3.63) is 33.5 Å². The van der Waals surface area contributed by atoms with Crippen LogP contribution in [0.4, 0.5) is 0 Å². The molecule has 2 heterocycles. The fourth-order valence-electron chi connectivity index (χ4n) is 1.98. The summed E-state index contributed by atoms with van der Waals surface area (Å²) in [6.45, 7) is 11.3. The predicted octanol–water partition coefficient (Wildman–Crippen LogP) is 3.38. The minimum Gasteiger partial charge on any atom is -0.329 e. The zero-order valence-electron chi connectivity index (χ0n) is 12.9. The molecule has 0 aromatic carbocycles. The first kappa shape index (κ1) is 15.2. The third-order valence-corrected chi connectivity index (χ3v) is 4.37. The van der Waals surface area contributed by atoms with E-state index in [9.17, 15) is 0 Å². The molecule has 4 nitrogen and oxygen atoms in total. The zero-order valence-corrected chi connectivity index (χ0v) is 13.7. The van der Waals surface area contributed by atoms with Crippen LogP contribution in [0, 0.1) is 0 Å². The highest BCUT2D eigenvalue weighted by atomic mass is 32.1. The highest BCUT2D eigenvalue weighted by molar-refractivity contribution is 7.09. The first-order valence-corrected chi connectivity index (χ1v) is 7.92. The summed E-state index contributed by atoms with van der Waals surface area (Å²) in [6, 6.07) is 2.11. The average molecular weight is 292 g/mol. The Morgan fingerprint density at radius 2 is 2.05 bits per heavy atom. The average Bonchev–Trinajstić information content (AvgIpc) is 2.97. The highest BCUT2D eigenvalue weighted by Crippen LogP contribution is 2.30. The molecule has 0 fully saturated rings. The summed E-state index contributed by atoms with van der Waals surface area (Å²) < 4.78 is 0. The summed E-state index contributed by atoms with van der Waals surface area (Å²) in [5.74, 6) is 0.524. The van der Waals surface area contributed by atoms with E-state index in [4.69, 9.17) is 10.7 Å². The molecule has 0 saturated carbocycles. The second-order valence-corrected chi connectivity index (χ2v) is 7.40. The monoisotopic (exact) mass is 292 g/mol. The molecule has 5 heteroatoms. The van der Waals surface area contributed by atoms with E-state index >= 15 is 0 Å². The number of rotatable bonds is 4. The number of aromatic nitrogens is 3. The van der Waals surface area contributed by atoms with Gasteiger partial charge in [0.05, 0.1) is 17.3 Å². The molecule has 1 atom stereocenters. The van der Waals surface area contributed by atoms with Crippen LogP contribution >= 0.6 is 11.3 Å². The fourth-order valence-corrected chi connectivity index (χ4v) is 3.16. The van der Waals surface area contributed by atoms with E-state index in [1.54, 1.807) is 11.3 Å². The van der Waals surface area contributed by atoms with Gasteiger partial charge in [-0.05, 0) is 12.0 Å². The first-order chi connectivity index (χ1) is 9.32. The lowest BCUT2D eigenvalue weighted by Crippen LogP contribution is -2.16. The summed E-state index contributed by atoms with van der Waals surface area (Å²) in [4.78, 5) is 4.77. The Hall–Kier alpha value is -1.20. The van der Waals surface area contributed by atoms with Gasteiger partial charge < -0.3 is 5.73 Å². The van der Waals surface area contributed by atoms with Crippen molar-refractivity contribution >= 4 is 11.3 Å². The van der Waals surface area contributed by atoms with E-state index in [0.717, 1.165) is 22.1 Å². The number of nitrogens with zero attached hydrogens (tertiary/aromatic N) is 2. The maximum atomic E-state index is 5.96. The number of hydrogen-bond donors (Lipinski definition) is 2. The van der Waals surface area contributed by atoms with Gasteiger partial charge in [0.1, 0.15) is 5.01 Å². The quantitative estimate of drug-likeness (QED) is 0.907. The largest absolute Gasteiger partial charge is 0.329 e. The van der Waals surface area contributed by atoms with Gasteiger partial charge in [0.15, 0.2) is 0 Å². The van der Waals surface area contributed by atoms with Gasteiger partial charge in [-0.15, -0.1) is 11.3 Å². The van der Waals surface area contributed by atoms with Gasteiger partial charge in [-0.3, -0.25) is 5.10 Å². The fraction of sp³-hybridized carbons (Fsp3) is 0.600. The Morgan fingerprint density at radius 3 is 2.50 bits per heavy atom. The zero-order chi connectivity index (χ0) is 14.9. The van der Waals surface area contributed by atoms with E-state index in [1.807, 2.05) is 0 Å². The number of H-pyrrole nitrogens is 1. The second-order valence-electron chi connectivity index (χ2n) is 6.51. The highest BCUT2D eigenvalue weighted by Gasteiger charge is 2.23. The van der Waals surface area contributed by atoms with Gasteiger partial charge in [-0.25, -0.2) is 4.98 Å². The Bertz CT molecular complexity index is 562. The van der Waals surface area contributed by atoms with Gasteiger partial charge in [-0.2, -0.15) is 5.10 Å². The molecule has 2 aromatic rings. The van der Waals surface area contributed by atoms with Crippen LogP contribution in [-0.2, 0) is 5.41 Å². The SMILES string of the molecule is CC(C)c1cc(C(CN)c2nc(C(C)(C)C)cs2)[nH]n1. The van der Waals surface area contributed by atoms with Gasteiger partial charge >= 0.3 is 0 Å². The summed E-state index contributed by atoms with van der Waals surface area (Å²) in [7, 11) is 0. The van der Waals surface area contributed by atoms with Crippen LogP contribution in [0.3, 0.4) is 0 Å². The summed E-state index contributed by atoms with van der Waals surface area (Å²) in [5.41, 5.74) is 9.29. The van der Waals surface area contributed by atoms with E-state index in [2.05, 4.69) is 56.3 Å². The Labute approximate surface area is 124 Å². The molecule has 2 aromatic heterocycles. The third kappa shape index (κ3) is 3.10. The van der Waals surface area contributed by atoms with Crippen LogP contribution in [0.15, 0.2) is 11.4 Å². The van der Waals surface area contributed by atoms with Crippen molar-refractivity contribution in [1.82, 2.24) is 15.2 Å². The van der Waals surface area contributed by atoms with Crippen LogP contribution in [0.25, 0.3) is 0 Å². The van der Waals surface area contributed by atoms with Crippen LogP contribution in [0.2, 0.25) is 0 Å². The van der Waals surface area contributed by atoms with Crippen molar-refractivity contribution in [2.75, 3.05) is 6.54 Å². The van der Waals surface area contributed by atoms with Gasteiger partial charge in [0, 0.05) is 23.0 Å². The van der Waals surface area contributed by atoms with Crippen molar-refractivity contribution in [1.29, 1.82) is 0 Å². The van der Waals surface area contributed by atoms with Crippen molar-refractivity contribution in [2.24, 2.45) is 5.73 Å². The van der Waals surface area contributed by atoms with E-state index < -0.39 is 0 Å². The number of thiazole rings is 1. The summed E-state index contributed by atoms with van der Waals surface area (Å²) >= 11 is 1.68. The summed E-state index contributed by atoms with van der Waals surface area (Å²) in [6.07, 6.45) is 0. The molecule has 3 N–H and O–H groups in total. The molecule has 0 aliphatic heterocycles. The number of hydrogen-bond acceptors (Lipinski definition) is 4. The normalized spacial score (nSPS) is 13.9. The topological polar surface area (TPSA) is 67.6 Å². The Kier molecular flexibility index (Phi) is 4.30. The van der Waals surface area contributed by atoms with Gasteiger partial charge in [-0.1, -0.05) is 34.6 Å². The third-order valence-electron chi connectivity index (χ3n) is 3.41.